The highest BCUT2D eigenvalue weighted by atomic mass is 16.1. The van der Waals surface area contributed by atoms with Crippen LogP contribution in [0.5, 0.6) is 0 Å². The number of rotatable bonds is 1. The van der Waals surface area contributed by atoms with E-state index in [0.717, 1.165) is 12.2 Å². The first-order valence-electron chi connectivity index (χ1n) is 4.82. The lowest BCUT2D eigenvalue weighted by Crippen LogP contribution is -2.28. The monoisotopic (exact) mass is 171 g/mol. The highest BCUT2D eigenvalue weighted by molar-refractivity contribution is 5.48. The molecule has 1 saturated heterocycles. The van der Waals surface area contributed by atoms with Crippen LogP contribution in [0.1, 0.15) is 33.1 Å². The summed E-state index contributed by atoms with van der Waals surface area (Å²) in [4.78, 5) is 11.6. The molecule has 12 heavy (non-hydrogen) atoms. The van der Waals surface area contributed by atoms with Gasteiger partial charge in [0.2, 0.25) is 0 Å². The normalized spacial score (nSPS) is 19.6. The molecular weight excluding hydrogens is 150 g/mol. The van der Waals surface area contributed by atoms with Gasteiger partial charge in [-0.15, -0.1) is 0 Å². The minimum absolute atomic E-state index is 0.639. The Hall–Kier alpha value is -0.370. The average molecular weight is 171 g/mol. The molecule has 0 unspecified atom stereocenters. The van der Waals surface area contributed by atoms with E-state index in [0.29, 0.717) is 6.42 Å². The van der Waals surface area contributed by atoms with Crippen LogP contribution in [0.2, 0.25) is 0 Å². The van der Waals surface area contributed by atoms with Crippen molar-refractivity contribution in [2.45, 2.75) is 33.1 Å². The topological polar surface area (TPSA) is 20.3 Å². The smallest absolute Gasteiger partial charge is 0.119 e. The molecule has 2 heteroatoms. The lowest BCUT2D eigenvalue weighted by atomic mass is 10.00. The first-order chi connectivity index (χ1) is 5.70. The molecular formula is C10H21NO. The van der Waals surface area contributed by atoms with Crippen LogP contribution in [0, 0.1) is 5.92 Å². The summed E-state index contributed by atoms with van der Waals surface area (Å²) in [6, 6.07) is 0. The van der Waals surface area contributed by atoms with Crippen molar-refractivity contribution in [1.82, 2.24) is 4.90 Å². The number of carbonyl (C=O) groups is 1. The lowest BCUT2D eigenvalue weighted by Gasteiger charge is -2.26. The SMILES string of the molecule is CC1CCN(C)CC1.CCC=O. The van der Waals surface area contributed by atoms with Gasteiger partial charge in [0.25, 0.3) is 0 Å². The fourth-order valence-electron chi connectivity index (χ4n) is 1.14. The Morgan fingerprint density at radius 2 is 1.83 bits per heavy atom. The maximum Gasteiger partial charge on any atom is 0.119 e. The average Bonchev–Trinajstić information content (AvgIpc) is 2.11. The molecule has 0 aromatic heterocycles. The van der Waals surface area contributed by atoms with Crippen molar-refractivity contribution in [2.75, 3.05) is 20.1 Å². The van der Waals surface area contributed by atoms with Gasteiger partial charge < -0.3 is 9.69 Å². The second-order valence-electron chi connectivity index (χ2n) is 3.56. The summed E-state index contributed by atoms with van der Waals surface area (Å²) in [5.74, 6) is 0.978. The summed E-state index contributed by atoms with van der Waals surface area (Å²) in [6.07, 6.45) is 4.31. The molecule has 0 aromatic rings. The zero-order chi connectivity index (χ0) is 9.40. The molecule has 1 fully saturated rings. The Bertz CT molecular complexity index is 96.4. The molecule has 0 radical (unpaired) electrons. The number of aldehydes is 1. The van der Waals surface area contributed by atoms with E-state index in [1.807, 2.05) is 6.92 Å². The Kier molecular flexibility index (Phi) is 7.06. The highest BCUT2D eigenvalue weighted by Gasteiger charge is 2.10. The van der Waals surface area contributed by atoms with E-state index < -0.39 is 0 Å². The lowest BCUT2D eigenvalue weighted by molar-refractivity contribution is -0.107. The number of hydrogen-bond donors (Lipinski definition) is 0. The summed E-state index contributed by atoms with van der Waals surface area (Å²) in [6.45, 7) is 6.77. The molecule has 1 heterocycles. The molecule has 0 aromatic carbocycles. The fourth-order valence-corrected chi connectivity index (χ4v) is 1.14. The van der Waals surface area contributed by atoms with Crippen molar-refractivity contribution in [3.05, 3.63) is 0 Å². The van der Waals surface area contributed by atoms with Crippen molar-refractivity contribution in [2.24, 2.45) is 5.92 Å². The van der Waals surface area contributed by atoms with Crippen LogP contribution in [0.25, 0.3) is 0 Å². The van der Waals surface area contributed by atoms with Gasteiger partial charge in [-0.05, 0) is 38.9 Å². The van der Waals surface area contributed by atoms with E-state index in [2.05, 4.69) is 18.9 Å². The Balaban J connectivity index is 0.000000261. The van der Waals surface area contributed by atoms with Gasteiger partial charge >= 0.3 is 0 Å². The van der Waals surface area contributed by atoms with Crippen LogP contribution in [0.15, 0.2) is 0 Å². The molecule has 0 spiro atoms. The summed E-state index contributed by atoms with van der Waals surface area (Å²) in [5.41, 5.74) is 0. The maximum atomic E-state index is 9.17. The number of hydrogen-bond acceptors (Lipinski definition) is 2. The van der Waals surface area contributed by atoms with Gasteiger partial charge in [0.15, 0.2) is 0 Å². The second kappa shape index (κ2) is 7.29. The van der Waals surface area contributed by atoms with Crippen molar-refractivity contribution in [3.63, 3.8) is 0 Å². The van der Waals surface area contributed by atoms with Crippen molar-refractivity contribution < 1.29 is 4.79 Å². The van der Waals surface area contributed by atoms with Gasteiger partial charge in [-0.25, -0.2) is 0 Å². The molecule has 1 aliphatic rings. The van der Waals surface area contributed by atoms with Gasteiger partial charge in [0.05, 0.1) is 0 Å². The number of piperidine rings is 1. The van der Waals surface area contributed by atoms with E-state index in [1.165, 1.54) is 25.9 Å². The van der Waals surface area contributed by atoms with Gasteiger partial charge in [0.1, 0.15) is 6.29 Å². The molecule has 2 nitrogen and oxygen atoms in total. The predicted octanol–water partition coefficient (Wildman–Crippen LogP) is 1.94. The fraction of sp³-hybridized carbons (Fsp3) is 0.900. The van der Waals surface area contributed by atoms with E-state index in [4.69, 9.17) is 0 Å². The van der Waals surface area contributed by atoms with Crippen LogP contribution >= 0.6 is 0 Å². The number of nitrogens with zero attached hydrogens (tertiary/aromatic N) is 1. The van der Waals surface area contributed by atoms with E-state index in [9.17, 15) is 4.79 Å². The minimum Gasteiger partial charge on any atom is -0.306 e. The number of likely N-dealkylation sites (tertiary alicyclic amines) is 1. The Morgan fingerprint density at radius 1 is 1.42 bits per heavy atom. The molecule has 0 aliphatic carbocycles. The Labute approximate surface area is 75.9 Å². The molecule has 0 saturated carbocycles. The first kappa shape index (κ1) is 11.6. The van der Waals surface area contributed by atoms with E-state index >= 15 is 0 Å². The molecule has 0 N–H and O–H groups in total. The quantitative estimate of drug-likeness (QED) is 0.562. The molecule has 0 bridgehead atoms. The summed E-state index contributed by atoms with van der Waals surface area (Å²) >= 11 is 0. The molecule has 72 valence electrons. The number of carbonyl (C=O) groups excluding carboxylic acids is 1. The van der Waals surface area contributed by atoms with E-state index in [1.54, 1.807) is 0 Å². The minimum atomic E-state index is 0.639. The summed E-state index contributed by atoms with van der Waals surface area (Å²) < 4.78 is 0. The van der Waals surface area contributed by atoms with Crippen molar-refractivity contribution in [3.8, 4) is 0 Å². The zero-order valence-corrected chi connectivity index (χ0v) is 8.55. The van der Waals surface area contributed by atoms with Crippen molar-refractivity contribution in [1.29, 1.82) is 0 Å². The third-order valence-electron chi connectivity index (χ3n) is 2.17. The third-order valence-corrected chi connectivity index (χ3v) is 2.17. The molecule has 1 aliphatic heterocycles. The van der Waals surface area contributed by atoms with Crippen LogP contribution < -0.4 is 0 Å². The predicted molar refractivity (Wildman–Crippen MR) is 52.3 cm³/mol. The molecule has 0 atom stereocenters. The third kappa shape index (κ3) is 6.35. The largest absolute Gasteiger partial charge is 0.306 e. The van der Waals surface area contributed by atoms with Crippen LogP contribution in [-0.4, -0.2) is 31.3 Å². The highest BCUT2D eigenvalue weighted by Crippen LogP contribution is 2.13. The maximum absolute atomic E-state index is 9.17. The van der Waals surface area contributed by atoms with Crippen molar-refractivity contribution >= 4 is 6.29 Å². The molecule has 0 amide bonds. The summed E-state index contributed by atoms with van der Waals surface area (Å²) in [7, 11) is 2.20. The molecule has 1 rings (SSSR count). The zero-order valence-electron chi connectivity index (χ0n) is 8.55. The van der Waals surface area contributed by atoms with Gasteiger partial charge in [-0.2, -0.15) is 0 Å². The van der Waals surface area contributed by atoms with Crippen LogP contribution in [0.4, 0.5) is 0 Å². The summed E-state index contributed by atoms with van der Waals surface area (Å²) in [5, 5.41) is 0. The van der Waals surface area contributed by atoms with Gasteiger partial charge in [-0.3, -0.25) is 0 Å². The Morgan fingerprint density at radius 3 is 2.08 bits per heavy atom. The van der Waals surface area contributed by atoms with Crippen LogP contribution in [0.3, 0.4) is 0 Å². The first-order valence-corrected chi connectivity index (χ1v) is 4.82. The van der Waals surface area contributed by atoms with Gasteiger partial charge in [-0.1, -0.05) is 13.8 Å². The van der Waals surface area contributed by atoms with E-state index in [-0.39, 0.29) is 0 Å². The second-order valence-corrected chi connectivity index (χ2v) is 3.56. The van der Waals surface area contributed by atoms with Gasteiger partial charge in [0, 0.05) is 6.42 Å². The van der Waals surface area contributed by atoms with Crippen LogP contribution in [-0.2, 0) is 4.79 Å². The standard InChI is InChI=1S/C7H15N.C3H6O/c1-7-3-5-8(2)6-4-7;1-2-3-4/h7H,3-6H2,1-2H3;3H,2H2,1H3.